The highest BCUT2D eigenvalue weighted by atomic mass is 19.4. The second-order valence-corrected chi connectivity index (χ2v) is 10.5. The third-order valence-corrected chi connectivity index (χ3v) is 7.97. The fourth-order valence-electron chi connectivity index (χ4n) is 6.17. The van der Waals surface area contributed by atoms with E-state index in [9.17, 15) is 27.2 Å². The van der Waals surface area contributed by atoms with E-state index in [2.05, 4.69) is 20.5 Å². The summed E-state index contributed by atoms with van der Waals surface area (Å²) in [6, 6.07) is 1.07. The van der Waals surface area contributed by atoms with Crippen LogP contribution in [0.4, 0.5) is 17.6 Å². The Hall–Kier alpha value is -3.02. The van der Waals surface area contributed by atoms with Crippen molar-refractivity contribution >= 4 is 11.8 Å². The highest BCUT2D eigenvalue weighted by Crippen LogP contribution is 2.40. The van der Waals surface area contributed by atoms with Gasteiger partial charge >= 0.3 is 6.18 Å². The molecule has 5 heterocycles. The molecule has 3 fully saturated rings. The fraction of sp³-hybridized carbons (Fsp3) is 0.600. The van der Waals surface area contributed by atoms with Gasteiger partial charge in [0.2, 0.25) is 5.91 Å². The molecule has 3 aliphatic heterocycles. The number of likely N-dealkylation sites (tertiary alicyclic amines) is 1. The molecule has 3 saturated heterocycles. The Morgan fingerprint density at radius 1 is 1.11 bits per heavy atom. The average molecular weight is 523 g/mol. The van der Waals surface area contributed by atoms with Crippen LogP contribution >= 0.6 is 0 Å². The molecule has 0 aliphatic carbocycles. The van der Waals surface area contributed by atoms with Crippen molar-refractivity contribution in [3.05, 3.63) is 35.5 Å². The van der Waals surface area contributed by atoms with Gasteiger partial charge in [-0.25, -0.2) is 4.39 Å². The Bertz CT molecular complexity index is 1170. The Kier molecular flexibility index (Phi) is 6.71. The lowest BCUT2D eigenvalue weighted by molar-refractivity contribution is -0.188. The van der Waals surface area contributed by atoms with Gasteiger partial charge in [-0.1, -0.05) is 0 Å². The molecular formula is C25H30F4N6O2. The van der Waals surface area contributed by atoms with Crippen LogP contribution in [0.25, 0.3) is 11.3 Å². The summed E-state index contributed by atoms with van der Waals surface area (Å²) < 4.78 is 53.6. The third kappa shape index (κ3) is 5.07. The number of rotatable bonds is 4. The van der Waals surface area contributed by atoms with Crippen LogP contribution in [0.3, 0.4) is 0 Å². The maximum absolute atomic E-state index is 14.2. The molecule has 8 nitrogen and oxygen atoms in total. The van der Waals surface area contributed by atoms with Crippen LogP contribution in [0.15, 0.2) is 18.3 Å². The fourth-order valence-corrected chi connectivity index (χ4v) is 6.17. The number of aryl methyl sites for hydroxylation is 1. The smallest absolute Gasteiger partial charge is 0.352 e. The number of likely N-dealkylation sites (N-methyl/N-ethyl adjacent to an activating group) is 1. The number of amides is 2. The summed E-state index contributed by atoms with van der Waals surface area (Å²) in [6.45, 7) is 1.89. The zero-order valence-corrected chi connectivity index (χ0v) is 20.7. The van der Waals surface area contributed by atoms with Crippen LogP contribution < -0.4 is 5.32 Å². The molecule has 2 aromatic heterocycles. The molecule has 0 radical (unpaired) electrons. The molecule has 3 aliphatic rings. The van der Waals surface area contributed by atoms with Crippen molar-refractivity contribution in [1.29, 1.82) is 0 Å². The normalized spacial score (nSPS) is 28.4. The number of halogens is 4. The average Bonchev–Trinajstić information content (AvgIpc) is 3.42. The molecule has 0 aromatic carbocycles. The summed E-state index contributed by atoms with van der Waals surface area (Å²) in [5, 5.41) is 9.82. The van der Waals surface area contributed by atoms with Gasteiger partial charge in [0.1, 0.15) is 11.7 Å². The van der Waals surface area contributed by atoms with E-state index in [4.69, 9.17) is 0 Å². The topological polar surface area (TPSA) is 94.2 Å². The van der Waals surface area contributed by atoms with Gasteiger partial charge in [-0.05, 0) is 64.6 Å². The number of hydrogen-bond acceptors (Lipinski definition) is 5. The summed E-state index contributed by atoms with van der Waals surface area (Å²) in [7, 11) is 1.44. The summed E-state index contributed by atoms with van der Waals surface area (Å²) in [4.78, 5) is 33.4. The Balaban J connectivity index is 1.21. The van der Waals surface area contributed by atoms with E-state index in [-0.39, 0.29) is 66.5 Å². The largest absolute Gasteiger partial charge is 0.404 e. The van der Waals surface area contributed by atoms with Gasteiger partial charge in [-0.3, -0.25) is 24.6 Å². The van der Waals surface area contributed by atoms with Crippen LogP contribution in [0.1, 0.15) is 54.7 Å². The Labute approximate surface area is 211 Å². The summed E-state index contributed by atoms with van der Waals surface area (Å²) in [5.74, 6) is -1.21. The van der Waals surface area contributed by atoms with Crippen molar-refractivity contribution in [2.45, 2.75) is 75.8 Å². The minimum atomic E-state index is -4.27. The Morgan fingerprint density at radius 3 is 2.46 bits per heavy atom. The Morgan fingerprint density at radius 2 is 1.81 bits per heavy atom. The number of aromatic amines is 1. The predicted molar refractivity (Wildman–Crippen MR) is 126 cm³/mol. The minimum absolute atomic E-state index is 0.0434. The second-order valence-electron chi connectivity index (χ2n) is 10.5. The van der Waals surface area contributed by atoms with Crippen molar-refractivity contribution in [3.8, 4) is 11.3 Å². The van der Waals surface area contributed by atoms with Crippen molar-refractivity contribution < 1.29 is 27.2 Å². The van der Waals surface area contributed by atoms with Crippen molar-refractivity contribution in [1.82, 2.24) is 30.3 Å². The number of aromatic nitrogens is 3. The van der Waals surface area contributed by atoms with E-state index in [0.29, 0.717) is 24.2 Å². The number of nitrogens with zero attached hydrogens (tertiary/aromatic N) is 4. The number of nitrogens with one attached hydrogen (secondary N) is 2. The van der Waals surface area contributed by atoms with Gasteiger partial charge in [0.25, 0.3) is 5.91 Å². The van der Waals surface area contributed by atoms with Gasteiger partial charge in [0, 0.05) is 41.8 Å². The molecule has 5 rings (SSSR count). The van der Waals surface area contributed by atoms with Crippen molar-refractivity contribution in [2.75, 3.05) is 13.6 Å². The van der Waals surface area contributed by atoms with E-state index in [1.54, 1.807) is 17.9 Å². The molecule has 2 N–H and O–H groups in total. The zero-order valence-electron chi connectivity index (χ0n) is 20.7. The van der Waals surface area contributed by atoms with E-state index in [1.807, 2.05) is 0 Å². The number of piperidine rings is 2. The second kappa shape index (κ2) is 9.70. The number of carbonyl (C=O) groups is 2. The molecular weight excluding hydrogens is 492 g/mol. The van der Waals surface area contributed by atoms with Crippen LogP contribution in [0.5, 0.6) is 0 Å². The predicted octanol–water partition coefficient (Wildman–Crippen LogP) is 3.44. The van der Waals surface area contributed by atoms with Crippen LogP contribution in [0.2, 0.25) is 0 Å². The monoisotopic (exact) mass is 522 g/mol. The summed E-state index contributed by atoms with van der Waals surface area (Å²) >= 11 is 0. The van der Waals surface area contributed by atoms with Gasteiger partial charge in [0.15, 0.2) is 5.82 Å². The first-order valence-corrected chi connectivity index (χ1v) is 12.6. The number of H-pyrrole nitrogens is 1. The molecule has 0 spiro atoms. The highest BCUT2D eigenvalue weighted by molar-refractivity contribution is 5.94. The van der Waals surface area contributed by atoms with Crippen molar-refractivity contribution in [2.24, 2.45) is 5.92 Å². The molecule has 200 valence electrons. The van der Waals surface area contributed by atoms with E-state index < -0.39 is 18.0 Å². The number of carbonyl (C=O) groups excluding carboxylic acids is 2. The van der Waals surface area contributed by atoms with Crippen molar-refractivity contribution in [3.63, 3.8) is 0 Å². The SMILES string of the molecule is Cc1cc(-c2cc(C(=O)N3C4CC[C@@H]3CC(C(=O)N[C@@H]3CC[C@H](C(F)(F)F)N(C)C3)C4)[nH]n2)c(F)cn1. The molecule has 2 amide bonds. The molecule has 2 unspecified atom stereocenters. The lowest BCUT2D eigenvalue weighted by atomic mass is 9.89. The molecule has 2 aromatic rings. The first-order chi connectivity index (χ1) is 17.5. The van der Waals surface area contributed by atoms with Gasteiger partial charge in [0.05, 0.1) is 11.9 Å². The first-order valence-electron chi connectivity index (χ1n) is 12.6. The maximum atomic E-state index is 14.2. The lowest BCUT2D eigenvalue weighted by Gasteiger charge is -2.40. The molecule has 2 bridgehead atoms. The van der Waals surface area contributed by atoms with Gasteiger partial charge in [-0.15, -0.1) is 0 Å². The number of fused-ring (bicyclic) bond motifs is 2. The molecule has 5 atom stereocenters. The van der Waals surface area contributed by atoms with Gasteiger partial charge < -0.3 is 10.2 Å². The maximum Gasteiger partial charge on any atom is 0.404 e. The molecule has 12 heteroatoms. The highest BCUT2D eigenvalue weighted by Gasteiger charge is 2.47. The van der Waals surface area contributed by atoms with Crippen LogP contribution in [-0.2, 0) is 4.79 Å². The third-order valence-electron chi connectivity index (χ3n) is 7.97. The van der Waals surface area contributed by atoms with Crippen LogP contribution in [-0.4, -0.2) is 80.7 Å². The zero-order chi connectivity index (χ0) is 26.5. The number of alkyl halides is 3. The molecule has 37 heavy (non-hydrogen) atoms. The van der Waals surface area contributed by atoms with E-state index in [1.165, 1.54) is 18.0 Å². The van der Waals surface area contributed by atoms with Crippen LogP contribution in [0, 0.1) is 18.7 Å². The summed E-state index contributed by atoms with van der Waals surface area (Å²) in [6.07, 6.45) is -0.359. The number of hydrogen-bond donors (Lipinski definition) is 2. The molecule has 0 saturated carbocycles. The number of pyridine rings is 1. The van der Waals surface area contributed by atoms with E-state index in [0.717, 1.165) is 19.0 Å². The van der Waals surface area contributed by atoms with E-state index >= 15 is 0 Å². The van der Waals surface area contributed by atoms with Gasteiger partial charge in [-0.2, -0.15) is 18.3 Å². The quantitative estimate of drug-likeness (QED) is 0.600. The first kappa shape index (κ1) is 25.6. The minimum Gasteiger partial charge on any atom is -0.352 e. The summed E-state index contributed by atoms with van der Waals surface area (Å²) in [5.41, 5.74) is 1.47. The standard InChI is InChI=1S/C25H30F4N6O2/c1-13-7-18(19(26)11-30-13)20-10-21(33-32-20)24(37)35-16-4-5-17(35)9-14(8-16)23(36)31-15-3-6-22(25(27,28)29)34(2)12-15/h7,10-11,14-17,22H,3-6,8-9,12H2,1-2H3,(H,31,36)(H,32,33)/t14?,15-,16-,17?,22-/m1/s1. The lowest BCUT2D eigenvalue weighted by Crippen LogP contribution is -2.56.